The van der Waals surface area contributed by atoms with E-state index in [1.807, 2.05) is 0 Å². The maximum absolute atomic E-state index is 12.7. The Morgan fingerprint density at radius 3 is 2.45 bits per heavy atom. The Labute approximate surface area is 169 Å². The minimum absolute atomic E-state index is 0.109. The van der Waals surface area contributed by atoms with Gasteiger partial charge in [-0.05, 0) is 38.8 Å². The van der Waals surface area contributed by atoms with Crippen molar-refractivity contribution < 1.29 is 22.5 Å². The average Bonchev–Trinajstić information content (AvgIpc) is 3.12. The fourth-order valence-corrected chi connectivity index (χ4v) is 4.46. The van der Waals surface area contributed by atoms with Crippen LogP contribution in [0.1, 0.15) is 25.5 Å². The SMILES string of the molecule is Cc1cc(NC(=O)C2CCN(C(=O)[C@H](C)NS(=O)(=O)c3ccccc3)CC2)no1. The Morgan fingerprint density at radius 2 is 1.86 bits per heavy atom. The predicted molar refractivity (Wildman–Crippen MR) is 105 cm³/mol. The number of hydrogen-bond donors (Lipinski definition) is 2. The number of carbonyl (C=O) groups excluding carboxylic acids is 2. The highest BCUT2D eigenvalue weighted by Crippen LogP contribution is 2.20. The van der Waals surface area contributed by atoms with Gasteiger partial charge in [0.2, 0.25) is 21.8 Å². The lowest BCUT2D eigenvalue weighted by atomic mass is 9.95. The van der Waals surface area contributed by atoms with E-state index in [0.717, 1.165) is 0 Å². The minimum atomic E-state index is -3.78. The summed E-state index contributed by atoms with van der Waals surface area (Å²) >= 11 is 0. The van der Waals surface area contributed by atoms with Crippen molar-refractivity contribution in [1.29, 1.82) is 0 Å². The van der Waals surface area contributed by atoms with Crippen molar-refractivity contribution in [3.8, 4) is 0 Å². The summed E-state index contributed by atoms with van der Waals surface area (Å²) in [5.41, 5.74) is 0. The summed E-state index contributed by atoms with van der Waals surface area (Å²) in [6, 6.07) is 8.65. The Balaban J connectivity index is 1.52. The van der Waals surface area contributed by atoms with E-state index in [1.54, 1.807) is 36.1 Å². The zero-order chi connectivity index (χ0) is 21.0. The third kappa shape index (κ3) is 5.21. The number of aryl methyl sites for hydroxylation is 1. The van der Waals surface area contributed by atoms with E-state index in [9.17, 15) is 18.0 Å². The standard InChI is InChI=1S/C19H24N4O5S/c1-13-12-17(21-28-13)20-18(24)15-8-10-23(11-9-15)19(25)14(2)22-29(26,27)16-6-4-3-5-7-16/h3-7,12,14-15,22H,8-11H2,1-2H3,(H,20,21,24)/t14-/m0/s1. The van der Waals surface area contributed by atoms with Gasteiger partial charge in [0.25, 0.3) is 0 Å². The van der Waals surface area contributed by atoms with Crippen LogP contribution in [0.3, 0.4) is 0 Å². The van der Waals surface area contributed by atoms with Crippen LogP contribution in [0.4, 0.5) is 5.82 Å². The van der Waals surface area contributed by atoms with Crippen LogP contribution in [-0.4, -0.2) is 49.4 Å². The van der Waals surface area contributed by atoms with Gasteiger partial charge in [-0.3, -0.25) is 9.59 Å². The van der Waals surface area contributed by atoms with Gasteiger partial charge in [-0.25, -0.2) is 8.42 Å². The minimum Gasteiger partial charge on any atom is -0.360 e. The van der Waals surface area contributed by atoms with Crippen LogP contribution in [0.15, 0.2) is 45.8 Å². The van der Waals surface area contributed by atoms with Crippen molar-refractivity contribution in [2.45, 2.75) is 37.6 Å². The van der Waals surface area contributed by atoms with E-state index in [-0.39, 0.29) is 22.6 Å². The molecule has 1 saturated heterocycles. The van der Waals surface area contributed by atoms with Gasteiger partial charge < -0.3 is 14.7 Å². The summed E-state index contributed by atoms with van der Waals surface area (Å²) in [7, 11) is -3.78. The number of piperidine rings is 1. The Morgan fingerprint density at radius 1 is 1.21 bits per heavy atom. The lowest BCUT2D eigenvalue weighted by Gasteiger charge is -2.33. The van der Waals surface area contributed by atoms with Gasteiger partial charge in [-0.2, -0.15) is 4.72 Å². The van der Waals surface area contributed by atoms with Crippen molar-refractivity contribution >= 4 is 27.7 Å². The van der Waals surface area contributed by atoms with E-state index >= 15 is 0 Å². The van der Waals surface area contributed by atoms with Gasteiger partial charge in [0, 0.05) is 25.1 Å². The van der Waals surface area contributed by atoms with Crippen molar-refractivity contribution in [1.82, 2.24) is 14.8 Å². The molecule has 2 N–H and O–H groups in total. The fourth-order valence-electron chi connectivity index (χ4n) is 3.24. The third-order valence-corrected chi connectivity index (χ3v) is 6.37. The van der Waals surface area contributed by atoms with Crippen molar-refractivity contribution in [3.05, 3.63) is 42.2 Å². The van der Waals surface area contributed by atoms with Gasteiger partial charge in [-0.1, -0.05) is 23.4 Å². The predicted octanol–water partition coefficient (Wildman–Crippen LogP) is 1.53. The van der Waals surface area contributed by atoms with Crippen molar-refractivity contribution in [3.63, 3.8) is 0 Å². The normalized spacial score (nSPS) is 16.4. The molecule has 0 unspecified atom stereocenters. The quantitative estimate of drug-likeness (QED) is 0.731. The maximum Gasteiger partial charge on any atom is 0.241 e. The second-order valence-corrected chi connectivity index (χ2v) is 8.78. The molecule has 1 fully saturated rings. The molecule has 0 aliphatic carbocycles. The lowest BCUT2D eigenvalue weighted by molar-refractivity contribution is -0.135. The summed E-state index contributed by atoms with van der Waals surface area (Å²) in [6.07, 6.45) is 0.985. The number of nitrogens with zero attached hydrogens (tertiary/aromatic N) is 2. The Hall–Kier alpha value is -2.72. The lowest BCUT2D eigenvalue weighted by Crippen LogP contribution is -2.50. The number of aromatic nitrogens is 1. The molecule has 2 aromatic rings. The zero-order valence-corrected chi connectivity index (χ0v) is 17.1. The number of rotatable bonds is 6. The van der Waals surface area contributed by atoms with Crippen molar-refractivity contribution in [2.75, 3.05) is 18.4 Å². The van der Waals surface area contributed by atoms with Crippen LogP contribution in [0.25, 0.3) is 0 Å². The molecule has 0 radical (unpaired) electrons. The van der Waals surface area contributed by atoms with Gasteiger partial charge >= 0.3 is 0 Å². The molecule has 9 nitrogen and oxygen atoms in total. The number of benzene rings is 1. The van der Waals surface area contributed by atoms with E-state index in [2.05, 4.69) is 15.2 Å². The molecule has 0 saturated carbocycles. The molecule has 10 heteroatoms. The van der Waals surface area contributed by atoms with Gasteiger partial charge in [0.15, 0.2) is 5.82 Å². The topological polar surface area (TPSA) is 122 Å². The van der Waals surface area contributed by atoms with Crippen LogP contribution in [0, 0.1) is 12.8 Å². The molecule has 1 aromatic carbocycles. The van der Waals surface area contributed by atoms with Gasteiger partial charge in [0.05, 0.1) is 10.9 Å². The fraction of sp³-hybridized carbons (Fsp3) is 0.421. The molecule has 1 aliphatic heterocycles. The van der Waals surface area contributed by atoms with Crippen LogP contribution >= 0.6 is 0 Å². The summed E-state index contributed by atoms with van der Waals surface area (Å²) < 4.78 is 32.1. The summed E-state index contributed by atoms with van der Waals surface area (Å²) in [6.45, 7) is 4.02. The second-order valence-electron chi connectivity index (χ2n) is 7.07. The molecule has 1 aromatic heterocycles. The van der Waals surface area contributed by atoms with Gasteiger partial charge in [0.1, 0.15) is 5.76 Å². The molecular weight excluding hydrogens is 396 g/mol. The first kappa shape index (κ1) is 21.0. The summed E-state index contributed by atoms with van der Waals surface area (Å²) in [5, 5.41) is 6.45. The first-order chi connectivity index (χ1) is 13.8. The van der Waals surface area contributed by atoms with E-state index < -0.39 is 16.1 Å². The van der Waals surface area contributed by atoms with E-state index in [1.165, 1.54) is 19.1 Å². The number of nitrogens with one attached hydrogen (secondary N) is 2. The maximum atomic E-state index is 12.7. The number of likely N-dealkylation sites (tertiary alicyclic amines) is 1. The molecule has 0 bridgehead atoms. The van der Waals surface area contributed by atoms with Crippen LogP contribution in [0.5, 0.6) is 0 Å². The number of amides is 2. The monoisotopic (exact) mass is 420 g/mol. The van der Waals surface area contributed by atoms with Crippen LogP contribution < -0.4 is 10.0 Å². The zero-order valence-electron chi connectivity index (χ0n) is 16.3. The van der Waals surface area contributed by atoms with Crippen molar-refractivity contribution in [2.24, 2.45) is 5.92 Å². The summed E-state index contributed by atoms with van der Waals surface area (Å²) in [4.78, 5) is 26.7. The molecule has 1 aliphatic rings. The molecular formula is C19H24N4O5S. The number of sulfonamides is 1. The summed E-state index contributed by atoms with van der Waals surface area (Å²) in [5.74, 6) is 0.258. The smallest absolute Gasteiger partial charge is 0.241 e. The molecule has 156 valence electrons. The third-order valence-electron chi connectivity index (χ3n) is 4.81. The number of hydrogen-bond acceptors (Lipinski definition) is 6. The van der Waals surface area contributed by atoms with E-state index in [0.29, 0.717) is 37.5 Å². The molecule has 2 heterocycles. The average molecular weight is 420 g/mol. The molecule has 1 atom stereocenters. The Bertz CT molecular complexity index is 965. The molecule has 0 spiro atoms. The second kappa shape index (κ2) is 8.75. The number of anilines is 1. The highest BCUT2D eigenvalue weighted by atomic mass is 32.2. The number of carbonyl (C=O) groups is 2. The van der Waals surface area contributed by atoms with E-state index in [4.69, 9.17) is 4.52 Å². The van der Waals surface area contributed by atoms with Crippen LogP contribution in [-0.2, 0) is 19.6 Å². The largest absolute Gasteiger partial charge is 0.360 e. The molecule has 29 heavy (non-hydrogen) atoms. The first-order valence-corrected chi connectivity index (χ1v) is 10.8. The van der Waals surface area contributed by atoms with Crippen LogP contribution in [0.2, 0.25) is 0 Å². The highest BCUT2D eigenvalue weighted by Gasteiger charge is 2.31. The Kier molecular flexibility index (Phi) is 6.33. The molecule has 3 rings (SSSR count). The first-order valence-electron chi connectivity index (χ1n) is 9.36. The highest BCUT2D eigenvalue weighted by molar-refractivity contribution is 7.89. The molecule has 2 amide bonds. The van der Waals surface area contributed by atoms with Gasteiger partial charge in [-0.15, -0.1) is 0 Å².